The third-order valence-corrected chi connectivity index (χ3v) is 4.07. The summed E-state index contributed by atoms with van der Waals surface area (Å²) in [5.41, 5.74) is 3.21. The molecule has 0 saturated carbocycles. The maximum atomic E-state index is 12.7. The van der Waals surface area contributed by atoms with Crippen molar-refractivity contribution in [3.8, 4) is 11.3 Å². The lowest BCUT2D eigenvalue weighted by atomic mass is 10.0. The Morgan fingerprint density at radius 1 is 1.20 bits per heavy atom. The van der Waals surface area contributed by atoms with Gasteiger partial charge in [-0.1, -0.05) is 13.8 Å². The highest BCUT2D eigenvalue weighted by molar-refractivity contribution is 5.63. The van der Waals surface area contributed by atoms with Gasteiger partial charge in [-0.05, 0) is 23.6 Å². The van der Waals surface area contributed by atoms with Gasteiger partial charge in [-0.3, -0.25) is 14.5 Å². The number of hydrogen-bond donors (Lipinski definition) is 1. The van der Waals surface area contributed by atoms with Gasteiger partial charge in [-0.25, -0.2) is 0 Å². The second kappa shape index (κ2) is 5.97. The number of aromatic nitrogens is 7. The predicted octanol–water partition coefficient (Wildman–Crippen LogP) is 1.85. The molecule has 8 nitrogen and oxygen atoms in total. The van der Waals surface area contributed by atoms with Gasteiger partial charge in [0.2, 0.25) is 5.78 Å². The van der Waals surface area contributed by atoms with Gasteiger partial charge in [0, 0.05) is 29.7 Å². The molecule has 0 radical (unpaired) electrons. The predicted molar refractivity (Wildman–Crippen MR) is 92.3 cm³/mol. The molecular formula is C17H17N7O. The van der Waals surface area contributed by atoms with E-state index in [9.17, 15) is 4.79 Å². The molecule has 4 aromatic rings. The van der Waals surface area contributed by atoms with Crippen molar-refractivity contribution in [2.45, 2.75) is 26.3 Å². The largest absolute Gasteiger partial charge is 0.323 e. The molecule has 4 heterocycles. The van der Waals surface area contributed by atoms with Gasteiger partial charge in [-0.2, -0.15) is 19.7 Å². The molecule has 25 heavy (non-hydrogen) atoms. The first kappa shape index (κ1) is 15.3. The van der Waals surface area contributed by atoms with Crippen LogP contribution < -0.4 is 5.56 Å². The van der Waals surface area contributed by atoms with E-state index in [-0.39, 0.29) is 11.5 Å². The van der Waals surface area contributed by atoms with Gasteiger partial charge in [0.25, 0.3) is 5.56 Å². The van der Waals surface area contributed by atoms with Crippen molar-refractivity contribution >= 4 is 5.78 Å². The Bertz CT molecular complexity index is 1080. The van der Waals surface area contributed by atoms with E-state index in [1.807, 2.05) is 36.9 Å². The maximum Gasteiger partial charge on any atom is 0.279 e. The smallest absolute Gasteiger partial charge is 0.279 e. The summed E-state index contributed by atoms with van der Waals surface area (Å²) in [5, 5.41) is 8.41. The SMILES string of the molecule is CC(C)c1c(-c2cnn(Cc3ccncc3)c2)[nH]c2ncnn2c1=O. The first-order valence-electron chi connectivity index (χ1n) is 8.01. The fourth-order valence-electron chi connectivity index (χ4n) is 2.89. The Hall–Kier alpha value is -3.29. The average molecular weight is 335 g/mol. The molecule has 1 N–H and O–H groups in total. The summed E-state index contributed by atoms with van der Waals surface area (Å²) < 4.78 is 3.13. The zero-order valence-electron chi connectivity index (χ0n) is 13.9. The molecule has 0 aliphatic carbocycles. The van der Waals surface area contributed by atoms with Crippen molar-refractivity contribution in [2.24, 2.45) is 0 Å². The Balaban J connectivity index is 1.79. The van der Waals surface area contributed by atoms with Crippen molar-refractivity contribution in [1.82, 2.24) is 34.3 Å². The van der Waals surface area contributed by atoms with Crippen LogP contribution in [0.15, 0.2) is 48.0 Å². The van der Waals surface area contributed by atoms with E-state index in [0.29, 0.717) is 17.9 Å². The Morgan fingerprint density at radius 3 is 2.76 bits per heavy atom. The van der Waals surface area contributed by atoms with Gasteiger partial charge >= 0.3 is 0 Å². The molecule has 0 bridgehead atoms. The summed E-state index contributed by atoms with van der Waals surface area (Å²) in [6.45, 7) is 4.60. The lowest BCUT2D eigenvalue weighted by Crippen LogP contribution is -2.22. The van der Waals surface area contributed by atoms with Crippen LogP contribution in [0.4, 0.5) is 0 Å². The number of rotatable bonds is 4. The summed E-state index contributed by atoms with van der Waals surface area (Å²) in [4.78, 5) is 24.1. The topological polar surface area (TPSA) is 93.8 Å². The number of nitrogens with one attached hydrogen (secondary N) is 1. The Morgan fingerprint density at radius 2 is 2.00 bits per heavy atom. The maximum absolute atomic E-state index is 12.7. The fraction of sp³-hybridized carbons (Fsp3) is 0.235. The van der Waals surface area contributed by atoms with Crippen LogP contribution in [-0.4, -0.2) is 34.3 Å². The molecule has 0 fully saturated rings. The number of H-pyrrole nitrogens is 1. The van der Waals surface area contributed by atoms with Crippen LogP contribution in [0.25, 0.3) is 17.0 Å². The number of pyridine rings is 1. The Labute approximate surface area is 143 Å². The lowest BCUT2D eigenvalue weighted by Gasteiger charge is -2.10. The second-order valence-electron chi connectivity index (χ2n) is 6.15. The molecule has 4 aromatic heterocycles. The number of hydrogen-bond acceptors (Lipinski definition) is 5. The summed E-state index contributed by atoms with van der Waals surface area (Å²) >= 11 is 0. The molecule has 0 unspecified atom stereocenters. The highest BCUT2D eigenvalue weighted by Gasteiger charge is 2.18. The van der Waals surface area contributed by atoms with Crippen LogP contribution in [-0.2, 0) is 6.54 Å². The number of fused-ring (bicyclic) bond motifs is 1. The molecule has 0 spiro atoms. The molecule has 0 saturated heterocycles. The summed E-state index contributed by atoms with van der Waals surface area (Å²) in [6.07, 6.45) is 8.56. The van der Waals surface area contributed by atoms with Crippen LogP contribution in [0.2, 0.25) is 0 Å². The second-order valence-corrected chi connectivity index (χ2v) is 6.15. The minimum atomic E-state index is -0.155. The highest BCUT2D eigenvalue weighted by atomic mass is 16.1. The van der Waals surface area contributed by atoms with E-state index < -0.39 is 0 Å². The summed E-state index contributed by atoms with van der Waals surface area (Å²) in [6, 6.07) is 3.90. The number of aromatic amines is 1. The van der Waals surface area contributed by atoms with E-state index in [4.69, 9.17) is 0 Å². The summed E-state index contributed by atoms with van der Waals surface area (Å²) in [7, 11) is 0. The van der Waals surface area contributed by atoms with Crippen LogP contribution in [0, 0.1) is 0 Å². The standard InChI is InChI=1S/C17H17N7O/c1-11(2)14-15(22-17-19-10-21-24(17)16(14)25)13-7-20-23(9-13)8-12-3-5-18-6-4-12/h3-7,9-11H,8H2,1-2H3,(H,19,21,22). The number of nitrogens with zero attached hydrogens (tertiary/aromatic N) is 6. The molecule has 8 heteroatoms. The normalized spacial score (nSPS) is 11.5. The minimum Gasteiger partial charge on any atom is -0.323 e. The van der Waals surface area contributed by atoms with Crippen LogP contribution in [0.3, 0.4) is 0 Å². The lowest BCUT2D eigenvalue weighted by molar-refractivity contribution is 0.686. The zero-order valence-corrected chi connectivity index (χ0v) is 13.9. The molecule has 126 valence electrons. The van der Waals surface area contributed by atoms with E-state index >= 15 is 0 Å². The van der Waals surface area contributed by atoms with Crippen LogP contribution in [0.5, 0.6) is 0 Å². The molecule has 0 atom stereocenters. The third kappa shape index (κ3) is 2.71. The van der Waals surface area contributed by atoms with Gasteiger partial charge in [-0.15, -0.1) is 0 Å². The van der Waals surface area contributed by atoms with Gasteiger partial charge in [0.1, 0.15) is 6.33 Å². The summed E-state index contributed by atoms with van der Waals surface area (Å²) in [5.74, 6) is 0.460. The molecule has 0 aliphatic heterocycles. The monoisotopic (exact) mass is 335 g/mol. The van der Waals surface area contributed by atoms with E-state index in [1.54, 1.807) is 18.6 Å². The fourth-order valence-corrected chi connectivity index (χ4v) is 2.89. The van der Waals surface area contributed by atoms with E-state index in [1.165, 1.54) is 10.8 Å². The van der Waals surface area contributed by atoms with Crippen molar-refractivity contribution in [2.75, 3.05) is 0 Å². The average Bonchev–Trinajstić information content (AvgIpc) is 3.24. The molecule has 4 rings (SSSR count). The van der Waals surface area contributed by atoms with Crippen molar-refractivity contribution in [3.05, 3.63) is 64.7 Å². The Kier molecular flexibility index (Phi) is 3.64. The van der Waals surface area contributed by atoms with Gasteiger partial charge in [0.15, 0.2) is 0 Å². The third-order valence-electron chi connectivity index (χ3n) is 4.07. The molecule has 0 aliphatic rings. The van der Waals surface area contributed by atoms with Gasteiger partial charge in [0.05, 0.1) is 18.4 Å². The molecular weight excluding hydrogens is 318 g/mol. The highest BCUT2D eigenvalue weighted by Crippen LogP contribution is 2.24. The van der Waals surface area contributed by atoms with E-state index in [2.05, 4.69) is 25.1 Å². The van der Waals surface area contributed by atoms with Crippen molar-refractivity contribution in [1.29, 1.82) is 0 Å². The van der Waals surface area contributed by atoms with Crippen LogP contribution >= 0.6 is 0 Å². The first-order chi connectivity index (χ1) is 12.1. The minimum absolute atomic E-state index is 0.0379. The van der Waals surface area contributed by atoms with Crippen molar-refractivity contribution < 1.29 is 0 Å². The zero-order chi connectivity index (χ0) is 17.4. The van der Waals surface area contributed by atoms with Crippen LogP contribution in [0.1, 0.15) is 30.9 Å². The van der Waals surface area contributed by atoms with E-state index in [0.717, 1.165) is 16.8 Å². The van der Waals surface area contributed by atoms with Gasteiger partial charge < -0.3 is 4.98 Å². The molecule has 0 aromatic carbocycles. The van der Waals surface area contributed by atoms with Crippen molar-refractivity contribution in [3.63, 3.8) is 0 Å². The molecule has 0 amide bonds. The quantitative estimate of drug-likeness (QED) is 0.614. The first-order valence-corrected chi connectivity index (χ1v) is 8.01.